The van der Waals surface area contributed by atoms with Crippen molar-refractivity contribution in [2.24, 2.45) is 0 Å². The molecule has 1 aromatic carbocycles. The van der Waals surface area contributed by atoms with E-state index in [1.54, 1.807) is 25.1 Å². The summed E-state index contributed by atoms with van der Waals surface area (Å²) in [7, 11) is -4.05. The van der Waals surface area contributed by atoms with Gasteiger partial charge in [0.05, 0.1) is 17.6 Å². The van der Waals surface area contributed by atoms with Gasteiger partial charge >= 0.3 is 5.69 Å². The summed E-state index contributed by atoms with van der Waals surface area (Å²) in [4.78, 5) is 17.7. The maximum absolute atomic E-state index is 13.2. The number of rotatable bonds is 4. The van der Waals surface area contributed by atoms with Crippen LogP contribution in [0.5, 0.6) is 0 Å². The number of aromatic nitrogens is 3. The fourth-order valence-electron chi connectivity index (χ4n) is 2.25. The first-order chi connectivity index (χ1) is 11.4. The van der Waals surface area contributed by atoms with Gasteiger partial charge in [0, 0.05) is 18.1 Å². The minimum Gasteiger partial charge on any atom is -0.312 e. The van der Waals surface area contributed by atoms with Gasteiger partial charge in [0.1, 0.15) is 10.7 Å². The monoisotopic (exact) mass is 348 g/mol. The van der Waals surface area contributed by atoms with Gasteiger partial charge < -0.3 is 4.98 Å². The molecular formula is C15H13FN4O3S. The number of aromatic amines is 1. The number of nitrogens with one attached hydrogen (secondary N) is 2. The van der Waals surface area contributed by atoms with Gasteiger partial charge in [0.15, 0.2) is 0 Å². The van der Waals surface area contributed by atoms with Crippen LogP contribution < -0.4 is 10.4 Å². The van der Waals surface area contributed by atoms with Crippen molar-refractivity contribution in [2.45, 2.75) is 11.8 Å². The van der Waals surface area contributed by atoms with Crippen LogP contribution in [-0.4, -0.2) is 23.0 Å². The summed E-state index contributed by atoms with van der Waals surface area (Å²) in [6.07, 6.45) is 3.47. The predicted octanol–water partition coefficient (Wildman–Crippen LogP) is 1.81. The second-order valence-corrected chi connectivity index (χ2v) is 6.71. The molecule has 0 unspecified atom stereocenters. The van der Waals surface area contributed by atoms with Gasteiger partial charge in [-0.15, -0.1) is 0 Å². The number of benzene rings is 1. The molecule has 0 aliphatic carbocycles. The third kappa shape index (κ3) is 2.93. The molecule has 2 aromatic heterocycles. The molecule has 2 heterocycles. The summed E-state index contributed by atoms with van der Waals surface area (Å²) in [6.45, 7) is 1.71. The van der Waals surface area contributed by atoms with Gasteiger partial charge in [0.2, 0.25) is 0 Å². The van der Waals surface area contributed by atoms with Crippen molar-refractivity contribution in [3.8, 4) is 5.69 Å². The number of imidazole rings is 1. The zero-order valence-electron chi connectivity index (χ0n) is 12.5. The van der Waals surface area contributed by atoms with Crippen molar-refractivity contribution in [2.75, 3.05) is 4.72 Å². The summed E-state index contributed by atoms with van der Waals surface area (Å²) >= 11 is 0. The van der Waals surface area contributed by atoms with Crippen LogP contribution in [0.1, 0.15) is 5.69 Å². The van der Waals surface area contributed by atoms with Crippen LogP contribution in [-0.2, 0) is 10.0 Å². The number of pyridine rings is 1. The first-order valence-electron chi connectivity index (χ1n) is 6.88. The molecule has 0 aliphatic rings. The van der Waals surface area contributed by atoms with E-state index >= 15 is 0 Å². The second kappa shape index (κ2) is 5.93. The summed E-state index contributed by atoms with van der Waals surface area (Å²) in [5.74, 6) is -0.760. The molecule has 124 valence electrons. The standard InChI is InChI=1S/C15H13FN4O3S/c1-10-7-18-15(21)20(10)14-5-3-2-4-13(14)19-24(22,23)12-6-11(16)8-17-9-12/h2-9,19H,1H3,(H,18,21). The molecule has 0 spiro atoms. The topological polar surface area (TPSA) is 96.9 Å². The van der Waals surface area contributed by atoms with Crippen LogP contribution in [0.2, 0.25) is 0 Å². The Labute approximate surface area is 136 Å². The number of sulfonamides is 1. The molecule has 2 N–H and O–H groups in total. The van der Waals surface area contributed by atoms with Crippen molar-refractivity contribution in [1.82, 2.24) is 14.5 Å². The van der Waals surface area contributed by atoms with Crippen molar-refractivity contribution < 1.29 is 12.8 Å². The van der Waals surface area contributed by atoms with E-state index in [0.29, 0.717) is 11.4 Å². The number of aryl methyl sites for hydroxylation is 1. The minimum absolute atomic E-state index is 0.187. The van der Waals surface area contributed by atoms with E-state index in [4.69, 9.17) is 0 Å². The number of halogens is 1. The lowest BCUT2D eigenvalue weighted by molar-refractivity contribution is 0.592. The van der Waals surface area contributed by atoms with Gasteiger partial charge in [-0.25, -0.2) is 17.6 Å². The van der Waals surface area contributed by atoms with E-state index < -0.39 is 21.5 Å². The van der Waals surface area contributed by atoms with E-state index in [9.17, 15) is 17.6 Å². The van der Waals surface area contributed by atoms with Crippen molar-refractivity contribution in [3.05, 3.63) is 70.9 Å². The van der Waals surface area contributed by atoms with Gasteiger partial charge in [-0.05, 0) is 25.1 Å². The molecule has 0 radical (unpaired) electrons. The van der Waals surface area contributed by atoms with Gasteiger partial charge in [-0.3, -0.25) is 14.3 Å². The maximum Gasteiger partial charge on any atom is 0.330 e. The molecular weight excluding hydrogens is 335 g/mol. The van der Waals surface area contributed by atoms with Crippen molar-refractivity contribution in [3.63, 3.8) is 0 Å². The first kappa shape index (κ1) is 15.9. The van der Waals surface area contributed by atoms with E-state index in [-0.39, 0.29) is 10.6 Å². The largest absolute Gasteiger partial charge is 0.330 e. The Morgan fingerprint density at radius 1 is 1.25 bits per heavy atom. The number of para-hydroxylation sites is 2. The molecule has 0 amide bonds. The Morgan fingerprint density at radius 2 is 2.00 bits per heavy atom. The third-order valence-corrected chi connectivity index (χ3v) is 4.67. The van der Waals surface area contributed by atoms with Gasteiger partial charge in [-0.1, -0.05) is 12.1 Å². The summed E-state index contributed by atoms with van der Waals surface area (Å²) in [5, 5.41) is 0. The van der Waals surface area contributed by atoms with Gasteiger partial charge in [0.25, 0.3) is 10.0 Å². The highest BCUT2D eigenvalue weighted by molar-refractivity contribution is 7.92. The molecule has 9 heteroatoms. The Morgan fingerprint density at radius 3 is 2.67 bits per heavy atom. The molecule has 3 aromatic rings. The van der Waals surface area contributed by atoms with E-state index in [2.05, 4.69) is 14.7 Å². The van der Waals surface area contributed by atoms with Crippen LogP contribution in [0.25, 0.3) is 5.69 Å². The molecule has 0 saturated heterocycles. The Balaban J connectivity index is 2.08. The number of hydrogen-bond donors (Lipinski definition) is 2. The van der Waals surface area contributed by atoms with Crippen molar-refractivity contribution >= 4 is 15.7 Å². The summed E-state index contributed by atoms with van der Waals surface area (Å²) in [6, 6.07) is 7.28. The number of nitrogens with zero attached hydrogens (tertiary/aromatic N) is 2. The van der Waals surface area contributed by atoms with Crippen LogP contribution in [0.4, 0.5) is 10.1 Å². The van der Waals surface area contributed by atoms with Crippen LogP contribution in [0.3, 0.4) is 0 Å². The molecule has 0 aliphatic heterocycles. The van der Waals surface area contributed by atoms with E-state index in [1.807, 2.05) is 0 Å². The zero-order valence-corrected chi connectivity index (χ0v) is 13.3. The molecule has 0 saturated carbocycles. The maximum atomic E-state index is 13.2. The Bertz CT molecular complexity index is 1060. The number of H-pyrrole nitrogens is 1. The molecule has 24 heavy (non-hydrogen) atoms. The van der Waals surface area contributed by atoms with Crippen LogP contribution >= 0.6 is 0 Å². The third-order valence-electron chi connectivity index (χ3n) is 3.34. The predicted molar refractivity (Wildman–Crippen MR) is 86.1 cm³/mol. The minimum atomic E-state index is -4.05. The average Bonchev–Trinajstić information content (AvgIpc) is 2.87. The van der Waals surface area contributed by atoms with E-state index in [0.717, 1.165) is 18.5 Å². The highest BCUT2D eigenvalue weighted by Gasteiger charge is 2.18. The zero-order chi connectivity index (χ0) is 17.3. The Kier molecular flexibility index (Phi) is 3.94. The fourth-order valence-corrected chi connectivity index (χ4v) is 3.30. The summed E-state index contributed by atoms with van der Waals surface area (Å²) in [5.41, 5.74) is 0.756. The normalized spacial score (nSPS) is 11.4. The molecule has 0 fully saturated rings. The number of anilines is 1. The van der Waals surface area contributed by atoms with E-state index in [1.165, 1.54) is 16.8 Å². The first-order valence-corrected chi connectivity index (χ1v) is 8.36. The lowest BCUT2D eigenvalue weighted by atomic mass is 10.2. The van der Waals surface area contributed by atoms with Crippen LogP contribution in [0.15, 0.2) is 58.6 Å². The average molecular weight is 348 g/mol. The lowest BCUT2D eigenvalue weighted by Gasteiger charge is -2.13. The lowest BCUT2D eigenvalue weighted by Crippen LogP contribution is -2.20. The quantitative estimate of drug-likeness (QED) is 0.751. The highest BCUT2D eigenvalue weighted by Crippen LogP contribution is 2.23. The molecule has 0 bridgehead atoms. The molecule has 0 atom stereocenters. The molecule has 7 nitrogen and oxygen atoms in total. The Hall–Kier alpha value is -2.94. The fraction of sp³-hybridized carbons (Fsp3) is 0.0667. The van der Waals surface area contributed by atoms with Crippen LogP contribution in [0, 0.1) is 12.7 Å². The smallest absolute Gasteiger partial charge is 0.312 e. The second-order valence-electron chi connectivity index (χ2n) is 5.03. The van der Waals surface area contributed by atoms with Crippen molar-refractivity contribution in [1.29, 1.82) is 0 Å². The summed E-state index contributed by atoms with van der Waals surface area (Å²) < 4.78 is 41.8. The number of hydrogen-bond acceptors (Lipinski definition) is 4. The van der Waals surface area contributed by atoms with Gasteiger partial charge in [-0.2, -0.15) is 0 Å². The highest BCUT2D eigenvalue weighted by atomic mass is 32.2. The SMILES string of the molecule is Cc1c[nH]c(=O)n1-c1ccccc1NS(=O)(=O)c1cncc(F)c1. The molecule has 3 rings (SSSR count).